The van der Waals surface area contributed by atoms with Crippen LogP contribution in [-0.4, -0.2) is 15.8 Å². The van der Waals surface area contributed by atoms with E-state index in [1.165, 1.54) is 0 Å². The highest BCUT2D eigenvalue weighted by Gasteiger charge is 2.39. The molecule has 5 rings (SSSR count). The summed E-state index contributed by atoms with van der Waals surface area (Å²) in [4.78, 5) is 42.1. The lowest BCUT2D eigenvalue weighted by atomic mass is 9.79. The Kier molecular flexibility index (Phi) is 3.68. The van der Waals surface area contributed by atoms with Crippen molar-refractivity contribution >= 4 is 11.6 Å². The summed E-state index contributed by atoms with van der Waals surface area (Å²) in [5.74, 6) is 0.818. The van der Waals surface area contributed by atoms with Crippen LogP contribution in [0.25, 0.3) is 11.3 Å². The minimum Gasteiger partial charge on any atom is -0.460 e. The SMILES string of the molecule is O=C1CCCC2=C1C(c1ccc(-c3ccccc3)o1)c1c([nH]c(=O)[nH]c1=O)N2. The summed E-state index contributed by atoms with van der Waals surface area (Å²) in [5.41, 5.74) is 1.37. The summed E-state index contributed by atoms with van der Waals surface area (Å²) >= 11 is 0. The summed E-state index contributed by atoms with van der Waals surface area (Å²) in [5, 5.41) is 3.09. The number of allylic oxidation sites excluding steroid dienone is 2. The van der Waals surface area contributed by atoms with Gasteiger partial charge in [-0.15, -0.1) is 0 Å². The molecule has 0 spiro atoms. The Morgan fingerprint density at radius 1 is 0.929 bits per heavy atom. The minimum atomic E-state index is -0.655. The van der Waals surface area contributed by atoms with Crippen LogP contribution in [0.3, 0.4) is 0 Å². The second kappa shape index (κ2) is 6.23. The van der Waals surface area contributed by atoms with Gasteiger partial charge in [0.2, 0.25) is 0 Å². The number of furan rings is 1. The van der Waals surface area contributed by atoms with Gasteiger partial charge in [-0.2, -0.15) is 0 Å². The number of carbonyl (C=O) groups is 1. The molecular weight excluding hydrogens is 358 g/mol. The quantitative estimate of drug-likeness (QED) is 0.638. The van der Waals surface area contributed by atoms with Gasteiger partial charge >= 0.3 is 5.69 Å². The van der Waals surface area contributed by atoms with Crippen molar-refractivity contribution in [2.75, 3.05) is 5.32 Å². The Bertz CT molecular complexity index is 1230. The van der Waals surface area contributed by atoms with Gasteiger partial charge in [0.1, 0.15) is 17.3 Å². The highest BCUT2D eigenvalue weighted by Crippen LogP contribution is 2.43. The number of aromatic nitrogens is 2. The van der Waals surface area contributed by atoms with Gasteiger partial charge in [0.15, 0.2) is 5.78 Å². The number of aromatic amines is 2. The van der Waals surface area contributed by atoms with E-state index in [0.29, 0.717) is 41.3 Å². The lowest BCUT2D eigenvalue weighted by Gasteiger charge is -2.31. The molecule has 3 N–H and O–H groups in total. The first kappa shape index (κ1) is 16.6. The van der Waals surface area contributed by atoms with E-state index in [1.54, 1.807) is 6.07 Å². The first-order valence-electron chi connectivity index (χ1n) is 9.17. The Hall–Kier alpha value is -3.61. The Labute approximate surface area is 159 Å². The third-order valence-corrected chi connectivity index (χ3v) is 5.26. The number of H-pyrrole nitrogens is 2. The van der Waals surface area contributed by atoms with Crippen LogP contribution in [0.4, 0.5) is 5.82 Å². The van der Waals surface area contributed by atoms with Crippen LogP contribution in [0, 0.1) is 0 Å². The van der Waals surface area contributed by atoms with E-state index in [1.807, 2.05) is 36.4 Å². The van der Waals surface area contributed by atoms with Crippen LogP contribution < -0.4 is 16.6 Å². The molecule has 0 saturated heterocycles. The van der Waals surface area contributed by atoms with Gasteiger partial charge in [0, 0.05) is 23.3 Å². The van der Waals surface area contributed by atoms with Crippen molar-refractivity contribution in [2.45, 2.75) is 25.2 Å². The summed E-state index contributed by atoms with van der Waals surface area (Å²) in [6.07, 6.45) is 1.84. The number of rotatable bonds is 2. The summed E-state index contributed by atoms with van der Waals surface area (Å²) in [6.45, 7) is 0. The van der Waals surface area contributed by atoms with E-state index in [-0.39, 0.29) is 5.78 Å². The van der Waals surface area contributed by atoms with Gasteiger partial charge < -0.3 is 9.73 Å². The van der Waals surface area contributed by atoms with Gasteiger partial charge in [0.25, 0.3) is 5.56 Å². The molecule has 0 radical (unpaired) electrons. The van der Waals surface area contributed by atoms with Crippen LogP contribution in [0.1, 0.15) is 36.5 Å². The lowest BCUT2D eigenvalue weighted by Crippen LogP contribution is -2.35. The molecule has 3 heterocycles. The zero-order valence-electron chi connectivity index (χ0n) is 14.9. The predicted molar refractivity (Wildman–Crippen MR) is 103 cm³/mol. The number of fused-ring (bicyclic) bond motifs is 1. The fourth-order valence-electron chi connectivity index (χ4n) is 4.04. The molecule has 0 saturated carbocycles. The molecule has 7 heteroatoms. The maximum Gasteiger partial charge on any atom is 0.327 e. The van der Waals surface area contributed by atoms with Crippen molar-refractivity contribution in [1.82, 2.24) is 9.97 Å². The van der Waals surface area contributed by atoms with Gasteiger partial charge in [-0.05, 0) is 25.0 Å². The molecule has 1 atom stereocenters. The lowest BCUT2D eigenvalue weighted by molar-refractivity contribution is -0.116. The molecule has 2 aromatic heterocycles. The molecule has 3 aromatic rings. The third kappa shape index (κ3) is 2.55. The highest BCUT2D eigenvalue weighted by atomic mass is 16.3. The van der Waals surface area contributed by atoms with Crippen molar-refractivity contribution in [1.29, 1.82) is 0 Å². The highest BCUT2D eigenvalue weighted by molar-refractivity contribution is 6.00. The van der Waals surface area contributed by atoms with Gasteiger partial charge in [-0.25, -0.2) is 4.79 Å². The van der Waals surface area contributed by atoms with Gasteiger partial charge in [-0.3, -0.25) is 19.6 Å². The maximum absolute atomic E-state index is 12.8. The molecule has 1 aromatic carbocycles. The van der Waals surface area contributed by atoms with E-state index in [9.17, 15) is 14.4 Å². The van der Waals surface area contributed by atoms with Crippen molar-refractivity contribution < 1.29 is 9.21 Å². The van der Waals surface area contributed by atoms with E-state index < -0.39 is 17.2 Å². The normalized spacial score (nSPS) is 18.4. The largest absolute Gasteiger partial charge is 0.460 e. The molecule has 1 aliphatic carbocycles. The molecule has 0 bridgehead atoms. The third-order valence-electron chi connectivity index (χ3n) is 5.26. The maximum atomic E-state index is 12.8. The van der Waals surface area contributed by atoms with Crippen LogP contribution in [0.2, 0.25) is 0 Å². The molecule has 140 valence electrons. The number of carbonyl (C=O) groups excluding carboxylic acids is 1. The Morgan fingerprint density at radius 2 is 1.75 bits per heavy atom. The first-order chi connectivity index (χ1) is 13.6. The molecule has 0 amide bonds. The van der Waals surface area contributed by atoms with Crippen LogP contribution >= 0.6 is 0 Å². The molecule has 2 aliphatic rings. The average Bonchev–Trinajstić information content (AvgIpc) is 3.17. The van der Waals surface area contributed by atoms with Crippen molar-refractivity contribution in [3.8, 4) is 11.3 Å². The second-order valence-corrected chi connectivity index (χ2v) is 6.99. The first-order valence-corrected chi connectivity index (χ1v) is 9.17. The van der Waals surface area contributed by atoms with Crippen LogP contribution in [0.15, 0.2) is 67.7 Å². The fraction of sp³-hybridized carbons (Fsp3) is 0.190. The molecular formula is C21H17N3O4. The van der Waals surface area contributed by atoms with Crippen LogP contribution in [0.5, 0.6) is 0 Å². The standard InChI is InChI=1S/C21H17N3O4/c25-13-8-4-7-12-16(13)17(18-19(22-12)23-21(27)24-20(18)26)15-10-9-14(28-15)11-5-2-1-3-6-11/h1-3,5-6,9-10,17H,4,7-8H2,(H3,22,23,24,26,27). The van der Waals surface area contributed by atoms with Crippen molar-refractivity contribution in [3.63, 3.8) is 0 Å². The second-order valence-electron chi connectivity index (χ2n) is 6.99. The molecule has 7 nitrogen and oxygen atoms in total. The molecule has 1 aliphatic heterocycles. The van der Waals surface area contributed by atoms with E-state index in [4.69, 9.17) is 4.42 Å². The number of hydrogen-bond acceptors (Lipinski definition) is 5. The number of nitrogens with one attached hydrogen (secondary N) is 3. The smallest absolute Gasteiger partial charge is 0.327 e. The molecule has 28 heavy (non-hydrogen) atoms. The zero-order chi connectivity index (χ0) is 19.3. The summed E-state index contributed by atoms with van der Waals surface area (Å²) in [6, 6.07) is 13.2. The number of benzene rings is 1. The number of hydrogen-bond donors (Lipinski definition) is 3. The van der Waals surface area contributed by atoms with Crippen molar-refractivity contribution in [2.24, 2.45) is 0 Å². The topological polar surface area (TPSA) is 108 Å². The zero-order valence-corrected chi connectivity index (χ0v) is 14.9. The predicted octanol–water partition coefficient (Wildman–Crippen LogP) is 2.89. The molecule has 0 fully saturated rings. The Balaban J connectivity index is 1.72. The van der Waals surface area contributed by atoms with Crippen LogP contribution in [-0.2, 0) is 4.79 Å². The van der Waals surface area contributed by atoms with Crippen molar-refractivity contribution in [3.05, 3.63) is 85.9 Å². The monoisotopic (exact) mass is 375 g/mol. The summed E-state index contributed by atoms with van der Waals surface area (Å²) < 4.78 is 6.09. The van der Waals surface area contributed by atoms with Gasteiger partial charge in [0.05, 0.1) is 11.5 Å². The fourth-order valence-corrected chi connectivity index (χ4v) is 4.04. The number of Topliss-reactive ketones (excluding diaryl/α,β-unsaturated/α-hetero) is 1. The average molecular weight is 375 g/mol. The Morgan fingerprint density at radius 3 is 2.57 bits per heavy atom. The van der Waals surface area contributed by atoms with E-state index >= 15 is 0 Å². The minimum absolute atomic E-state index is 0.00680. The van der Waals surface area contributed by atoms with E-state index in [2.05, 4.69) is 15.3 Å². The molecule has 1 unspecified atom stereocenters. The van der Waals surface area contributed by atoms with Gasteiger partial charge in [-0.1, -0.05) is 30.3 Å². The number of anilines is 1. The number of ketones is 1. The summed E-state index contributed by atoms with van der Waals surface area (Å²) in [7, 11) is 0. The van der Waals surface area contributed by atoms with E-state index in [0.717, 1.165) is 17.7 Å².